The van der Waals surface area contributed by atoms with Crippen LogP contribution in [0.5, 0.6) is 5.75 Å². The minimum absolute atomic E-state index is 0. The molecular weight excluding hydrogens is 331 g/mol. The summed E-state index contributed by atoms with van der Waals surface area (Å²) >= 11 is 7.94. The first-order valence-corrected chi connectivity index (χ1v) is 8.12. The van der Waals surface area contributed by atoms with E-state index < -0.39 is 0 Å². The number of hydrogen-bond donors (Lipinski definition) is 2. The Balaban J connectivity index is 0.00000220. The normalized spacial score (nSPS) is 17.7. The fourth-order valence-electron chi connectivity index (χ4n) is 2.07. The molecule has 0 aromatic heterocycles. The van der Waals surface area contributed by atoms with Gasteiger partial charge in [0.15, 0.2) is 0 Å². The Kier molecular flexibility index (Phi) is 8.26. The summed E-state index contributed by atoms with van der Waals surface area (Å²) in [5.41, 5.74) is 0.968. The Morgan fingerprint density at radius 3 is 3.00 bits per heavy atom. The number of thioether (sulfide) groups is 1. The van der Waals surface area contributed by atoms with Crippen LogP contribution >= 0.6 is 35.8 Å². The van der Waals surface area contributed by atoms with E-state index in [1.807, 2.05) is 30.0 Å². The van der Waals surface area contributed by atoms with Crippen molar-refractivity contribution in [2.24, 2.45) is 0 Å². The number of nitrogens with one attached hydrogen (secondary N) is 2. The molecule has 1 aromatic rings. The molecule has 0 aliphatic carbocycles. The van der Waals surface area contributed by atoms with Crippen LogP contribution in [0.1, 0.15) is 12.0 Å². The Morgan fingerprint density at radius 1 is 1.57 bits per heavy atom. The molecule has 1 saturated heterocycles. The topological polar surface area (TPSA) is 50.4 Å². The van der Waals surface area contributed by atoms with Crippen molar-refractivity contribution in [1.29, 1.82) is 0 Å². The summed E-state index contributed by atoms with van der Waals surface area (Å²) in [6.45, 7) is 1.47. The molecule has 1 fully saturated rings. The zero-order valence-electron chi connectivity index (χ0n) is 11.9. The van der Waals surface area contributed by atoms with Gasteiger partial charge >= 0.3 is 0 Å². The molecule has 0 bridgehead atoms. The van der Waals surface area contributed by atoms with Crippen LogP contribution in [0.2, 0.25) is 5.02 Å². The number of hydrogen-bond acceptors (Lipinski definition) is 4. The minimum atomic E-state index is 0. The molecule has 2 rings (SSSR count). The molecule has 118 valence electrons. The van der Waals surface area contributed by atoms with Gasteiger partial charge in [-0.25, -0.2) is 0 Å². The van der Waals surface area contributed by atoms with Crippen LogP contribution in [0.25, 0.3) is 0 Å². The van der Waals surface area contributed by atoms with Gasteiger partial charge in [-0.1, -0.05) is 17.7 Å². The van der Waals surface area contributed by atoms with E-state index in [1.165, 1.54) is 0 Å². The zero-order chi connectivity index (χ0) is 14.4. The summed E-state index contributed by atoms with van der Waals surface area (Å²) in [6.07, 6.45) is 0.525. The highest BCUT2D eigenvalue weighted by Crippen LogP contribution is 2.24. The van der Waals surface area contributed by atoms with Crippen LogP contribution in [0.3, 0.4) is 0 Å². The van der Waals surface area contributed by atoms with Crippen LogP contribution in [0.4, 0.5) is 0 Å². The number of rotatable bonds is 5. The second-order valence-electron chi connectivity index (χ2n) is 4.68. The third-order valence-electron chi connectivity index (χ3n) is 3.14. The largest absolute Gasteiger partial charge is 0.495 e. The van der Waals surface area contributed by atoms with E-state index in [0.717, 1.165) is 23.6 Å². The first-order chi connectivity index (χ1) is 9.69. The predicted octanol–water partition coefficient (Wildman–Crippen LogP) is 2.48. The van der Waals surface area contributed by atoms with Gasteiger partial charge in [-0.15, -0.1) is 12.4 Å². The number of amides is 1. The number of carbonyl (C=O) groups excluding carboxylic acids is 1. The highest BCUT2D eigenvalue weighted by molar-refractivity contribution is 7.99. The summed E-state index contributed by atoms with van der Waals surface area (Å²) in [5.74, 6) is 2.84. The van der Waals surface area contributed by atoms with Crippen LogP contribution in [-0.2, 0) is 11.3 Å². The standard InChI is InChI=1S/C14H19ClN2O2S.ClH/c1-19-13-3-2-10(6-12(13)15)8-17-14(18)7-11-9-20-5-4-16-11;/h2-3,6,11,16H,4-5,7-9H2,1H3,(H,17,18);1H. The number of methoxy groups -OCH3 is 1. The smallest absolute Gasteiger partial charge is 0.221 e. The number of ether oxygens (including phenoxy) is 1. The summed E-state index contributed by atoms with van der Waals surface area (Å²) in [7, 11) is 1.58. The molecule has 1 heterocycles. The van der Waals surface area contributed by atoms with Gasteiger partial charge in [-0.05, 0) is 17.7 Å². The van der Waals surface area contributed by atoms with Crippen molar-refractivity contribution < 1.29 is 9.53 Å². The molecule has 1 aliphatic rings. The van der Waals surface area contributed by atoms with Crippen molar-refractivity contribution in [3.05, 3.63) is 28.8 Å². The SMILES string of the molecule is COc1ccc(CNC(=O)CC2CSCCN2)cc1Cl.Cl. The lowest BCUT2D eigenvalue weighted by Gasteiger charge is -2.22. The number of carbonyl (C=O) groups is 1. The van der Waals surface area contributed by atoms with Crippen LogP contribution in [0, 0.1) is 0 Å². The molecule has 7 heteroatoms. The molecule has 4 nitrogen and oxygen atoms in total. The molecule has 0 saturated carbocycles. The molecule has 1 atom stereocenters. The minimum Gasteiger partial charge on any atom is -0.495 e. The van der Waals surface area contributed by atoms with E-state index in [0.29, 0.717) is 23.7 Å². The average molecular weight is 351 g/mol. The van der Waals surface area contributed by atoms with E-state index in [1.54, 1.807) is 7.11 Å². The van der Waals surface area contributed by atoms with Crippen molar-refractivity contribution in [2.45, 2.75) is 19.0 Å². The number of halogens is 2. The molecule has 1 amide bonds. The Labute approximate surface area is 140 Å². The average Bonchev–Trinajstić information content (AvgIpc) is 2.46. The maximum atomic E-state index is 11.9. The molecule has 21 heavy (non-hydrogen) atoms. The third-order valence-corrected chi connectivity index (χ3v) is 4.56. The number of benzene rings is 1. The summed E-state index contributed by atoms with van der Waals surface area (Å²) in [4.78, 5) is 11.9. The Bertz CT molecular complexity index is 468. The zero-order valence-corrected chi connectivity index (χ0v) is 14.2. The maximum absolute atomic E-state index is 11.9. The van der Waals surface area contributed by atoms with E-state index >= 15 is 0 Å². The van der Waals surface area contributed by atoms with Crippen molar-refractivity contribution in [3.8, 4) is 5.75 Å². The van der Waals surface area contributed by atoms with Gasteiger partial charge in [0, 0.05) is 37.1 Å². The molecular formula is C14H20Cl2N2O2S. The molecule has 2 N–H and O–H groups in total. The van der Waals surface area contributed by atoms with Gasteiger partial charge in [0.1, 0.15) is 5.75 Å². The highest BCUT2D eigenvalue weighted by Gasteiger charge is 2.16. The summed E-state index contributed by atoms with van der Waals surface area (Å²) in [5, 5.41) is 6.84. The quantitative estimate of drug-likeness (QED) is 0.856. The van der Waals surface area contributed by atoms with Crippen molar-refractivity contribution in [1.82, 2.24) is 10.6 Å². The van der Waals surface area contributed by atoms with E-state index in [2.05, 4.69) is 10.6 Å². The lowest BCUT2D eigenvalue weighted by molar-refractivity contribution is -0.121. The van der Waals surface area contributed by atoms with E-state index in [4.69, 9.17) is 16.3 Å². The first kappa shape index (κ1) is 18.4. The molecule has 1 aliphatic heterocycles. The second-order valence-corrected chi connectivity index (χ2v) is 6.23. The van der Waals surface area contributed by atoms with Gasteiger partial charge in [-0.3, -0.25) is 4.79 Å². The lowest BCUT2D eigenvalue weighted by Crippen LogP contribution is -2.41. The van der Waals surface area contributed by atoms with Gasteiger partial charge < -0.3 is 15.4 Å². The maximum Gasteiger partial charge on any atom is 0.221 e. The molecule has 0 radical (unpaired) electrons. The lowest BCUT2D eigenvalue weighted by atomic mass is 10.2. The van der Waals surface area contributed by atoms with Crippen LogP contribution in [-0.4, -0.2) is 37.1 Å². The molecule has 1 unspecified atom stereocenters. The van der Waals surface area contributed by atoms with Crippen molar-refractivity contribution in [3.63, 3.8) is 0 Å². The monoisotopic (exact) mass is 350 g/mol. The fraction of sp³-hybridized carbons (Fsp3) is 0.500. The van der Waals surface area contributed by atoms with Crippen LogP contribution in [0.15, 0.2) is 18.2 Å². The van der Waals surface area contributed by atoms with Gasteiger partial charge in [0.25, 0.3) is 0 Å². The fourth-order valence-corrected chi connectivity index (χ4v) is 3.30. The third kappa shape index (κ3) is 5.94. The van der Waals surface area contributed by atoms with Crippen molar-refractivity contribution >= 4 is 41.7 Å². The summed E-state index contributed by atoms with van der Waals surface area (Å²) in [6, 6.07) is 5.81. The van der Waals surface area contributed by atoms with Gasteiger partial charge in [0.2, 0.25) is 5.91 Å². The predicted molar refractivity (Wildman–Crippen MR) is 90.8 cm³/mol. The van der Waals surface area contributed by atoms with Crippen LogP contribution < -0.4 is 15.4 Å². The van der Waals surface area contributed by atoms with E-state index in [9.17, 15) is 4.79 Å². The Morgan fingerprint density at radius 2 is 2.38 bits per heavy atom. The first-order valence-electron chi connectivity index (χ1n) is 6.59. The Hall–Kier alpha value is -0.620. The summed E-state index contributed by atoms with van der Waals surface area (Å²) < 4.78 is 5.10. The molecule has 0 spiro atoms. The van der Waals surface area contributed by atoms with Gasteiger partial charge in [-0.2, -0.15) is 11.8 Å². The second kappa shape index (κ2) is 9.41. The molecule has 1 aromatic carbocycles. The van der Waals surface area contributed by atoms with Crippen molar-refractivity contribution in [2.75, 3.05) is 25.2 Å². The van der Waals surface area contributed by atoms with E-state index in [-0.39, 0.29) is 24.4 Å². The van der Waals surface area contributed by atoms with Gasteiger partial charge in [0.05, 0.1) is 12.1 Å². The highest BCUT2D eigenvalue weighted by atomic mass is 35.5.